The largest absolute Gasteiger partial charge is 0.422 e. The van der Waals surface area contributed by atoms with E-state index in [1.807, 2.05) is 62.9 Å². The van der Waals surface area contributed by atoms with Crippen molar-refractivity contribution in [3.63, 3.8) is 0 Å². The Morgan fingerprint density at radius 2 is 1.88 bits per heavy atom. The molecular formula is C25H26N6O3. The summed E-state index contributed by atoms with van der Waals surface area (Å²) in [4.78, 5) is 13.5. The summed E-state index contributed by atoms with van der Waals surface area (Å²) >= 11 is 0. The number of nitro groups is 1. The standard InChI is InChI=1S/C25H26N6O3/c1-5-29(6-2)20-12-9-17(13-21(20)31(32)33)23-19(14-26)24(27)34-25-22(23)16(4)28-30(25)18-10-7-15(3)8-11-18/h7-13,23H,5-6,27H2,1-4H3. The molecule has 9 heteroatoms. The number of ether oxygens (including phenoxy) is 1. The van der Waals surface area contributed by atoms with E-state index < -0.39 is 5.92 Å². The van der Waals surface area contributed by atoms with Crippen LogP contribution in [0.25, 0.3) is 5.69 Å². The van der Waals surface area contributed by atoms with Crippen molar-refractivity contribution in [1.82, 2.24) is 9.78 Å². The van der Waals surface area contributed by atoms with E-state index in [1.165, 1.54) is 6.07 Å². The minimum Gasteiger partial charge on any atom is -0.422 e. The van der Waals surface area contributed by atoms with Crippen molar-refractivity contribution in [2.45, 2.75) is 33.6 Å². The fraction of sp³-hybridized carbons (Fsp3) is 0.280. The van der Waals surface area contributed by atoms with Gasteiger partial charge in [0, 0.05) is 19.2 Å². The van der Waals surface area contributed by atoms with Gasteiger partial charge in [-0.25, -0.2) is 4.68 Å². The monoisotopic (exact) mass is 458 g/mol. The maximum Gasteiger partial charge on any atom is 0.292 e. The molecule has 4 rings (SSSR count). The van der Waals surface area contributed by atoms with E-state index in [4.69, 9.17) is 10.5 Å². The van der Waals surface area contributed by atoms with Gasteiger partial charge in [0.2, 0.25) is 11.8 Å². The number of nitrogens with zero attached hydrogens (tertiary/aromatic N) is 5. The molecule has 0 aliphatic carbocycles. The molecule has 0 saturated heterocycles. The van der Waals surface area contributed by atoms with Crippen molar-refractivity contribution < 1.29 is 9.66 Å². The molecule has 1 aliphatic rings. The zero-order valence-electron chi connectivity index (χ0n) is 19.6. The summed E-state index contributed by atoms with van der Waals surface area (Å²) < 4.78 is 7.54. The fourth-order valence-corrected chi connectivity index (χ4v) is 4.41. The summed E-state index contributed by atoms with van der Waals surface area (Å²) in [6.07, 6.45) is 0. The molecule has 0 amide bonds. The number of aryl methyl sites for hydroxylation is 2. The van der Waals surface area contributed by atoms with Crippen molar-refractivity contribution in [3.8, 4) is 17.6 Å². The first kappa shape index (κ1) is 22.9. The van der Waals surface area contributed by atoms with Crippen LogP contribution in [0, 0.1) is 35.3 Å². The zero-order valence-corrected chi connectivity index (χ0v) is 19.6. The molecule has 9 nitrogen and oxygen atoms in total. The normalized spacial score (nSPS) is 14.9. The smallest absolute Gasteiger partial charge is 0.292 e. The van der Waals surface area contributed by atoms with Crippen LogP contribution in [-0.4, -0.2) is 27.8 Å². The van der Waals surface area contributed by atoms with Crippen LogP contribution in [0.2, 0.25) is 0 Å². The first-order chi connectivity index (χ1) is 16.3. The summed E-state index contributed by atoms with van der Waals surface area (Å²) in [6.45, 7) is 9.00. The predicted molar refractivity (Wildman–Crippen MR) is 129 cm³/mol. The average molecular weight is 459 g/mol. The Labute approximate surface area is 197 Å². The molecule has 2 heterocycles. The molecule has 174 valence electrons. The molecule has 0 spiro atoms. The number of anilines is 1. The Bertz CT molecular complexity index is 1330. The topological polar surface area (TPSA) is 123 Å². The number of rotatable bonds is 6. The van der Waals surface area contributed by atoms with Crippen LogP contribution >= 0.6 is 0 Å². The molecule has 1 aromatic heterocycles. The predicted octanol–water partition coefficient (Wildman–Crippen LogP) is 4.46. The quantitative estimate of drug-likeness (QED) is 0.427. The van der Waals surface area contributed by atoms with Gasteiger partial charge in [0.25, 0.3) is 5.69 Å². The second-order valence-electron chi connectivity index (χ2n) is 8.15. The SMILES string of the molecule is CCN(CC)c1ccc(C2C(C#N)=C(N)Oc3c2c(C)nn3-c2ccc(C)cc2)cc1[N+](=O)[O-]. The number of nitriles is 1. The van der Waals surface area contributed by atoms with Crippen LogP contribution in [0.5, 0.6) is 5.88 Å². The van der Waals surface area contributed by atoms with Gasteiger partial charge in [0.1, 0.15) is 17.3 Å². The summed E-state index contributed by atoms with van der Waals surface area (Å²) in [5.41, 5.74) is 10.7. The zero-order chi connectivity index (χ0) is 24.6. The Kier molecular flexibility index (Phi) is 5.99. The minimum atomic E-state index is -0.641. The van der Waals surface area contributed by atoms with Gasteiger partial charge >= 0.3 is 0 Å². The number of hydrogen-bond donors (Lipinski definition) is 1. The molecule has 0 bridgehead atoms. The number of allylic oxidation sites excluding steroid dienone is 1. The van der Waals surface area contributed by atoms with Gasteiger partial charge in [-0.15, -0.1) is 0 Å². The third-order valence-corrected chi connectivity index (χ3v) is 6.14. The van der Waals surface area contributed by atoms with Crippen LogP contribution < -0.4 is 15.4 Å². The number of benzene rings is 2. The van der Waals surface area contributed by atoms with E-state index in [0.29, 0.717) is 41.5 Å². The van der Waals surface area contributed by atoms with Gasteiger partial charge in [-0.1, -0.05) is 23.8 Å². The highest BCUT2D eigenvalue weighted by Crippen LogP contribution is 2.46. The average Bonchev–Trinajstić information content (AvgIpc) is 3.15. The third-order valence-electron chi connectivity index (χ3n) is 6.14. The summed E-state index contributed by atoms with van der Waals surface area (Å²) in [7, 11) is 0. The van der Waals surface area contributed by atoms with Gasteiger partial charge in [-0.3, -0.25) is 10.1 Å². The number of nitrogens with two attached hydrogens (primary N) is 1. The first-order valence-corrected chi connectivity index (χ1v) is 11.1. The highest BCUT2D eigenvalue weighted by molar-refractivity contribution is 5.67. The molecular weight excluding hydrogens is 432 g/mol. The van der Waals surface area contributed by atoms with Crippen LogP contribution in [-0.2, 0) is 0 Å². The maximum atomic E-state index is 12.0. The summed E-state index contributed by atoms with van der Waals surface area (Å²) in [5.74, 6) is -0.278. The molecule has 0 saturated carbocycles. The van der Waals surface area contributed by atoms with Crippen molar-refractivity contribution in [3.05, 3.63) is 86.4 Å². The molecule has 2 N–H and O–H groups in total. The Morgan fingerprint density at radius 1 is 1.21 bits per heavy atom. The van der Waals surface area contributed by atoms with Crippen LogP contribution in [0.1, 0.15) is 42.1 Å². The van der Waals surface area contributed by atoms with Crippen molar-refractivity contribution in [2.75, 3.05) is 18.0 Å². The van der Waals surface area contributed by atoms with Gasteiger partial charge in [0.05, 0.1) is 27.8 Å². The van der Waals surface area contributed by atoms with Gasteiger partial charge in [0.15, 0.2) is 0 Å². The van der Waals surface area contributed by atoms with Crippen LogP contribution in [0.4, 0.5) is 11.4 Å². The van der Waals surface area contributed by atoms with Gasteiger partial charge < -0.3 is 15.4 Å². The van der Waals surface area contributed by atoms with Crippen molar-refractivity contribution >= 4 is 11.4 Å². The molecule has 1 aliphatic heterocycles. The lowest BCUT2D eigenvalue weighted by Crippen LogP contribution is -2.24. The van der Waals surface area contributed by atoms with E-state index >= 15 is 0 Å². The molecule has 1 unspecified atom stereocenters. The van der Waals surface area contributed by atoms with E-state index in [-0.39, 0.29) is 22.1 Å². The van der Waals surface area contributed by atoms with Crippen LogP contribution in [0.15, 0.2) is 53.9 Å². The molecule has 0 radical (unpaired) electrons. The van der Waals surface area contributed by atoms with Crippen molar-refractivity contribution in [2.24, 2.45) is 5.73 Å². The number of nitro benzene ring substituents is 1. The summed E-state index contributed by atoms with van der Waals surface area (Å²) in [5, 5.41) is 26.6. The Balaban J connectivity index is 1.93. The van der Waals surface area contributed by atoms with Crippen LogP contribution in [0.3, 0.4) is 0 Å². The Morgan fingerprint density at radius 3 is 2.47 bits per heavy atom. The molecule has 0 fully saturated rings. The number of fused-ring (bicyclic) bond motifs is 1. The third kappa shape index (κ3) is 3.73. The highest BCUT2D eigenvalue weighted by atomic mass is 16.6. The molecule has 3 aromatic rings. The highest BCUT2D eigenvalue weighted by Gasteiger charge is 2.37. The molecule has 34 heavy (non-hydrogen) atoms. The number of hydrogen-bond acceptors (Lipinski definition) is 7. The van der Waals surface area contributed by atoms with E-state index in [0.717, 1.165) is 11.3 Å². The fourth-order valence-electron chi connectivity index (χ4n) is 4.41. The Hall–Kier alpha value is -4.32. The van der Waals surface area contributed by atoms with Gasteiger partial charge in [-0.2, -0.15) is 10.4 Å². The lowest BCUT2D eigenvalue weighted by molar-refractivity contribution is -0.384. The second kappa shape index (κ2) is 8.90. The maximum absolute atomic E-state index is 12.0. The summed E-state index contributed by atoms with van der Waals surface area (Å²) in [6, 6.07) is 15.0. The molecule has 1 atom stereocenters. The van der Waals surface area contributed by atoms with E-state index in [2.05, 4.69) is 11.2 Å². The van der Waals surface area contributed by atoms with E-state index in [9.17, 15) is 15.4 Å². The first-order valence-electron chi connectivity index (χ1n) is 11.1. The second-order valence-corrected chi connectivity index (χ2v) is 8.15. The van der Waals surface area contributed by atoms with Gasteiger partial charge in [-0.05, 0) is 51.5 Å². The number of aromatic nitrogens is 2. The lowest BCUT2D eigenvalue weighted by Gasteiger charge is -2.26. The van der Waals surface area contributed by atoms with Crippen molar-refractivity contribution in [1.29, 1.82) is 5.26 Å². The molecule has 2 aromatic carbocycles. The minimum absolute atomic E-state index is 0.0197. The van der Waals surface area contributed by atoms with E-state index in [1.54, 1.807) is 10.7 Å². The lowest BCUT2D eigenvalue weighted by atomic mass is 9.84.